The summed E-state index contributed by atoms with van der Waals surface area (Å²) in [5.41, 5.74) is 2.32. The number of nitrogens with one attached hydrogen (secondary N) is 1. The molecule has 3 rings (SSSR count). The zero-order valence-corrected chi connectivity index (χ0v) is 10.7. The maximum atomic E-state index is 13.1. The molecular formula is C15H18FNO2. The molecule has 0 spiro atoms. The van der Waals surface area contributed by atoms with Crippen molar-refractivity contribution in [1.82, 2.24) is 4.98 Å². The van der Waals surface area contributed by atoms with Gasteiger partial charge in [0.15, 0.2) is 0 Å². The van der Waals surface area contributed by atoms with Crippen molar-refractivity contribution < 1.29 is 14.3 Å². The lowest BCUT2D eigenvalue weighted by Crippen LogP contribution is -2.03. The van der Waals surface area contributed by atoms with E-state index in [4.69, 9.17) is 9.90 Å². The monoisotopic (exact) mass is 263 g/mol. The van der Waals surface area contributed by atoms with Crippen LogP contribution in [0.4, 0.5) is 4.39 Å². The Morgan fingerprint density at radius 3 is 2.63 bits per heavy atom. The first-order valence-corrected chi connectivity index (χ1v) is 6.60. The van der Waals surface area contributed by atoms with Crippen LogP contribution in [-0.4, -0.2) is 16.6 Å². The fourth-order valence-electron chi connectivity index (χ4n) is 2.87. The zero-order chi connectivity index (χ0) is 13.7. The van der Waals surface area contributed by atoms with Gasteiger partial charge in [0.25, 0.3) is 6.47 Å². The molecule has 0 bridgehead atoms. The van der Waals surface area contributed by atoms with Crippen LogP contribution in [0.3, 0.4) is 0 Å². The van der Waals surface area contributed by atoms with Crippen LogP contribution < -0.4 is 0 Å². The Kier molecular flexibility index (Phi) is 4.55. The second-order valence-corrected chi connectivity index (χ2v) is 4.87. The second-order valence-electron chi connectivity index (χ2n) is 4.87. The van der Waals surface area contributed by atoms with Crippen molar-refractivity contribution in [3.05, 3.63) is 35.8 Å². The summed E-state index contributed by atoms with van der Waals surface area (Å²) in [5, 5.41) is 8.09. The van der Waals surface area contributed by atoms with Crippen molar-refractivity contribution in [2.24, 2.45) is 0 Å². The minimum Gasteiger partial charge on any atom is -0.483 e. The molecule has 0 atom stereocenters. The van der Waals surface area contributed by atoms with Crippen molar-refractivity contribution in [1.29, 1.82) is 0 Å². The van der Waals surface area contributed by atoms with E-state index in [9.17, 15) is 4.39 Å². The summed E-state index contributed by atoms with van der Waals surface area (Å²) >= 11 is 0. The highest BCUT2D eigenvalue weighted by Gasteiger charge is 2.18. The highest BCUT2D eigenvalue weighted by Crippen LogP contribution is 2.36. The Labute approximate surface area is 111 Å². The fraction of sp³-hybridized carbons (Fsp3) is 0.400. The molecule has 1 aliphatic rings. The van der Waals surface area contributed by atoms with Crippen LogP contribution in [0.5, 0.6) is 0 Å². The molecule has 102 valence electrons. The number of H-pyrrole nitrogens is 1. The molecule has 1 heterocycles. The van der Waals surface area contributed by atoms with Gasteiger partial charge in [-0.05, 0) is 42.5 Å². The third-order valence-corrected chi connectivity index (χ3v) is 3.72. The predicted octanol–water partition coefficient (Wildman–Crippen LogP) is 4.06. The highest BCUT2D eigenvalue weighted by molar-refractivity contribution is 5.83. The average molecular weight is 263 g/mol. The SMILES string of the molecule is Fc1ccc2c(C3CCCCC3)c[nH]c2c1.O=CO. The molecule has 3 nitrogen and oxygen atoms in total. The summed E-state index contributed by atoms with van der Waals surface area (Å²) < 4.78 is 13.1. The zero-order valence-electron chi connectivity index (χ0n) is 10.7. The Morgan fingerprint density at radius 2 is 1.95 bits per heavy atom. The quantitative estimate of drug-likeness (QED) is 0.762. The molecule has 1 saturated carbocycles. The molecule has 0 unspecified atom stereocenters. The number of aromatic amines is 1. The Hall–Kier alpha value is -1.84. The summed E-state index contributed by atoms with van der Waals surface area (Å²) in [7, 11) is 0. The lowest BCUT2D eigenvalue weighted by molar-refractivity contribution is -0.122. The van der Waals surface area contributed by atoms with Gasteiger partial charge >= 0.3 is 0 Å². The van der Waals surface area contributed by atoms with E-state index >= 15 is 0 Å². The standard InChI is InChI=1S/C14H16FN.CH2O2/c15-11-6-7-12-13(9-16-14(12)8-11)10-4-2-1-3-5-10;2-1-3/h6-10,16H,1-5H2;1H,(H,2,3). The molecule has 0 aliphatic heterocycles. The number of benzene rings is 1. The highest BCUT2D eigenvalue weighted by atomic mass is 19.1. The smallest absolute Gasteiger partial charge is 0.290 e. The number of carbonyl (C=O) groups is 1. The number of hydrogen-bond donors (Lipinski definition) is 2. The van der Waals surface area contributed by atoms with E-state index in [1.807, 2.05) is 6.07 Å². The van der Waals surface area contributed by atoms with Crippen LogP contribution in [0.1, 0.15) is 43.6 Å². The Balaban J connectivity index is 0.000000408. The van der Waals surface area contributed by atoms with Gasteiger partial charge in [0.05, 0.1) is 0 Å². The van der Waals surface area contributed by atoms with Crippen LogP contribution in [0.25, 0.3) is 10.9 Å². The minimum atomic E-state index is -0.250. The van der Waals surface area contributed by atoms with E-state index in [1.165, 1.54) is 43.1 Å². The number of aromatic nitrogens is 1. The Bertz CT molecular complexity index is 544. The van der Waals surface area contributed by atoms with E-state index in [0.29, 0.717) is 5.92 Å². The van der Waals surface area contributed by atoms with Gasteiger partial charge in [-0.2, -0.15) is 0 Å². The molecule has 19 heavy (non-hydrogen) atoms. The van der Waals surface area contributed by atoms with Crippen LogP contribution >= 0.6 is 0 Å². The summed E-state index contributed by atoms with van der Waals surface area (Å²) in [6.45, 7) is -0.250. The molecule has 0 radical (unpaired) electrons. The molecule has 0 amide bonds. The van der Waals surface area contributed by atoms with Gasteiger partial charge in [-0.15, -0.1) is 0 Å². The number of rotatable bonds is 1. The number of carboxylic acid groups (broad SMARTS) is 1. The lowest BCUT2D eigenvalue weighted by atomic mass is 9.84. The topological polar surface area (TPSA) is 53.1 Å². The van der Waals surface area contributed by atoms with Gasteiger partial charge in [0.2, 0.25) is 0 Å². The van der Waals surface area contributed by atoms with Gasteiger partial charge in [-0.3, -0.25) is 4.79 Å². The third kappa shape index (κ3) is 3.13. The first-order chi connectivity index (χ1) is 9.26. The summed E-state index contributed by atoms with van der Waals surface area (Å²) in [6, 6.07) is 5.05. The first kappa shape index (κ1) is 13.6. The first-order valence-electron chi connectivity index (χ1n) is 6.60. The Morgan fingerprint density at radius 1 is 1.26 bits per heavy atom. The van der Waals surface area contributed by atoms with Gasteiger partial charge in [0.1, 0.15) is 5.82 Å². The molecule has 4 heteroatoms. The van der Waals surface area contributed by atoms with E-state index in [1.54, 1.807) is 12.1 Å². The van der Waals surface area contributed by atoms with E-state index in [2.05, 4.69) is 11.2 Å². The largest absolute Gasteiger partial charge is 0.483 e. The van der Waals surface area contributed by atoms with Crippen molar-refractivity contribution in [2.45, 2.75) is 38.0 Å². The van der Waals surface area contributed by atoms with Gasteiger partial charge in [-0.1, -0.05) is 19.3 Å². The van der Waals surface area contributed by atoms with Crippen molar-refractivity contribution in [3.63, 3.8) is 0 Å². The second kappa shape index (κ2) is 6.36. The third-order valence-electron chi connectivity index (χ3n) is 3.72. The molecule has 2 N–H and O–H groups in total. The molecular weight excluding hydrogens is 245 g/mol. The molecule has 1 aliphatic carbocycles. The van der Waals surface area contributed by atoms with E-state index < -0.39 is 0 Å². The van der Waals surface area contributed by atoms with E-state index in [-0.39, 0.29) is 12.3 Å². The number of fused-ring (bicyclic) bond motifs is 1. The number of hydrogen-bond acceptors (Lipinski definition) is 1. The number of halogens is 1. The van der Waals surface area contributed by atoms with Gasteiger partial charge in [0, 0.05) is 17.1 Å². The normalized spacial score (nSPS) is 15.8. The maximum absolute atomic E-state index is 13.1. The summed E-state index contributed by atoms with van der Waals surface area (Å²) in [5.74, 6) is 0.512. The van der Waals surface area contributed by atoms with Crippen LogP contribution in [0, 0.1) is 5.82 Å². The molecule has 0 saturated heterocycles. The van der Waals surface area contributed by atoms with Crippen molar-refractivity contribution >= 4 is 17.4 Å². The molecule has 2 aromatic rings. The molecule has 1 fully saturated rings. The molecule has 1 aromatic carbocycles. The summed E-state index contributed by atoms with van der Waals surface area (Å²) in [6.07, 6.45) is 8.67. The van der Waals surface area contributed by atoms with Crippen LogP contribution in [-0.2, 0) is 4.79 Å². The lowest BCUT2D eigenvalue weighted by Gasteiger charge is -2.21. The van der Waals surface area contributed by atoms with Crippen molar-refractivity contribution in [3.8, 4) is 0 Å². The van der Waals surface area contributed by atoms with Crippen molar-refractivity contribution in [2.75, 3.05) is 0 Å². The minimum absolute atomic E-state index is 0.162. The van der Waals surface area contributed by atoms with Crippen LogP contribution in [0.2, 0.25) is 0 Å². The van der Waals surface area contributed by atoms with Gasteiger partial charge in [-0.25, -0.2) is 4.39 Å². The predicted molar refractivity (Wildman–Crippen MR) is 72.8 cm³/mol. The van der Waals surface area contributed by atoms with E-state index in [0.717, 1.165) is 5.52 Å². The average Bonchev–Trinajstić information content (AvgIpc) is 2.83. The fourth-order valence-corrected chi connectivity index (χ4v) is 2.87. The van der Waals surface area contributed by atoms with Gasteiger partial charge < -0.3 is 10.1 Å². The van der Waals surface area contributed by atoms with Crippen LogP contribution in [0.15, 0.2) is 24.4 Å². The summed E-state index contributed by atoms with van der Waals surface area (Å²) in [4.78, 5) is 11.5. The molecule has 1 aromatic heterocycles. The maximum Gasteiger partial charge on any atom is 0.290 e.